The molecule has 0 aliphatic carbocycles. The third-order valence-corrected chi connectivity index (χ3v) is 4.52. The van der Waals surface area contributed by atoms with Crippen molar-refractivity contribution in [2.45, 2.75) is 51.5 Å². The summed E-state index contributed by atoms with van der Waals surface area (Å²) in [6.45, 7) is 4.18. The fraction of sp³-hybridized carbons (Fsp3) is 0.611. The van der Waals surface area contributed by atoms with Crippen LogP contribution in [0.3, 0.4) is 0 Å². The minimum atomic E-state index is -0.149. The zero-order valence-electron chi connectivity index (χ0n) is 13.1. The average Bonchev–Trinajstić information content (AvgIpc) is 2.49. The van der Waals surface area contributed by atoms with Crippen molar-refractivity contribution in [3.63, 3.8) is 0 Å². The molecule has 0 saturated carbocycles. The van der Waals surface area contributed by atoms with Gasteiger partial charge in [0.15, 0.2) is 0 Å². The number of unbranched alkanes of at least 4 members (excludes halogenated alkanes) is 1. The second-order valence-electron chi connectivity index (χ2n) is 6.25. The normalized spacial score (nSPS) is 21.1. The lowest BCUT2D eigenvalue weighted by Crippen LogP contribution is -2.49. The van der Waals surface area contributed by atoms with Gasteiger partial charge in [-0.3, -0.25) is 9.69 Å². The summed E-state index contributed by atoms with van der Waals surface area (Å²) < 4.78 is 0. The van der Waals surface area contributed by atoms with Gasteiger partial charge in [0.1, 0.15) is 0 Å². The van der Waals surface area contributed by atoms with E-state index in [1.165, 1.54) is 18.4 Å². The van der Waals surface area contributed by atoms with Crippen molar-refractivity contribution in [2.24, 2.45) is 11.7 Å². The van der Waals surface area contributed by atoms with Crippen molar-refractivity contribution < 1.29 is 4.79 Å². The Morgan fingerprint density at radius 2 is 2.14 bits per heavy atom. The van der Waals surface area contributed by atoms with Gasteiger partial charge in [0, 0.05) is 6.54 Å². The molecule has 0 radical (unpaired) electrons. The molecule has 0 spiro atoms. The van der Waals surface area contributed by atoms with Gasteiger partial charge in [-0.2, -0.15) is 0 Å². The molecule has 1 aromatic rings. The highest BCUT2D eigenvalue weighted by Crippen LogP contribution is 2.23. The predicted octanol–water partition coefficient (Wildman–Crippen LogP) is 2.99. The summed E-state index contributed by atoms with van der Waals surface area (Å²) in [6.07, 6.45) is 6.64. The number of hydrogen-bond acceptors (Lipinski definition) is 2. The van der Waals surface area contributed by atoms with E-state index in [0.717, 1.165) is 38.8 Å². The van der Waals surface area contributed by atoms with Crippen LogP contribution in [-0.2, 0) is 11.2 Å². The van der Waals surface area contributed by atoms with E-state index >= 15 is 0 Å². The summed E-state index contributed by atoms with van der Waals surface area (Å²) in [7, 11) is 0. The van der Waals surface area contributed by atoms with Crippen molar-refractivity contribution in [1.82, 2.24) is 4.90 Å². The summed E-state index contributed by atoms with van der Waals surface area (Å²) in [5.74, 6) is 0.494. The molecule has 1 heterocycles. The summed E-state index contributed by atoms with van der Waals surface area (Å²) >= 11 is 0. The van der Waals surface area contributed by atoms with Crippen LogP contribution < -0.4 is 5.73 Å². The molecule has 1 aliphatic rings. The van der Waals surface area contributed by atoms with Crippen molar-refractivity contribution in [3.05, 3.63) is 35.9 Å². The average molecular weight is 288 g/mol. The van der Waals surface area contributed by atoms with E-state index in [1.54, 1.807) is 0 Å². The second-order valence-corrected chi connectivity index (χ2v) is 6.25. The Hall–Kier alpha value is -1.35. The molecule has 1 amide bonds. The fourth-order valence-electron chi connectivity index (χ4n) is 3.40. The highest BCUT2D eigenvalue weighted by molar-refractivity contribution is 5.79. The van der Waals surface area contributed by atoms with E-state index in [-0.39, 0.29) is 11.9 Å². The first kappa shape index (κ1) is 16.0. The lowest BCUT2D eigenvalue weighted by atomic mass is 9.90. The van der Waals surface area contributed by atoms with Crippen LogP contribution in [0.1, 0.15) is 44.6 Å². The number of amides is 1. The third-order valence-electron chi connectivity index (χ3n) is 4.52. The van der Waals surface area contributed by atoms with E-state index < -0.39 is 0 Å². The van der Waals surface area contributed by atoms with Gasteiger partial charge < -0.3 is 5.73 Å². The molecule has 3 heteroatoms. The molecule has 3 nitrogen and oxygen atoms in total. The quantitative estimate of drug-likeness (QED) is 0.838. The molecule has 2 N–H and O–H groups in total. The predicted molar refractivity (Wildman–Crippen MR) is 87.0 cm³/mol. The number of carbonyl (C=O) groups excluding carboxylic acids is 1. The first-order chi connectivity index (χ1) is 10.2. The Balaban J connectivity index is 1.94. The molecule has 0 bridgehead atoms. The number of nitrogens with two attached hydrogens (primary N) is 1. The molecular formula is C18H28N2O. The maximum atomic E-state index is 11.8. The zero-order chi connectivity index (χ0) is 15.1. The SMILES string of the molecule is CCCCC(C(N)=O)N1CCCC(Cc2ccccc2)C1. The molecule has 2 unspecified atom stereocenters. The number of carbonyl (C=O) groups is 1. The molecule has 1 fully saturated rings. The summed E-state index contributed by atoms with van der Waals surface area (Å²) in [5.41, 5.74) is 7.02. The van der Waals surface area contributed by atoms with Crippen LogP contribution in [0.4, 0.5) is 0 Å². The Morgan fingerprint density at radius 1 is 1.38 bits per heavy atom. The monoisotopic (exact) mass is 288 g/mol. The molecule has 1 aromatic carbocycles. The van der Waals surface area contributed by atoms with Gasteiger partial charge in [-0.25, -0.2) is 0 Å². The highest BCUT2D eigenvalue weighted by atomic mass is 16.1. The van der Waals surface area contributed by atoms with E-state index in [2.05, 4.69) is 42.2 Å². The third kappa shape index (κ3) is 4.85. The number of likely N-dealkylation sites (tertiary alicyclic amines) is 1. The van der Waals surface area contributed by atoms with Crippen LogP contribution in [0.5, 0.6) is 0 Å². The van der Waals surface area contributed by atoms with Crippen LogP contribution in [0, 0.1) is 5.92 Å². The van der Waals surface area contributed by atoms with E-state index in [1.807, 2.05) is 0 Å². The maximum absolute atomic E-state index is 11.8. The van der Waals surface area contributed by atoms with Crippen LogP contribution in [0.2, 0.25) is 0 Å². The van der Waals surface area contributed by atoms with Crippen LogP contribution in [0.15, 0.2) is 30.3 Å². The Bertz CT molecular complexity index is 432. The lowest BCUT2D eigenvalue weighted by molar-refractivity contribution is -0.124. The van der Waals surface area contributed by atoms with Gasteiger partial charge in [-0.05, 0) is 43.7 Å². The minimum Gasteiger partial charge on any atom is -0.368 e. The molecule has 1 saturated heterocycles. The molecule has 0 aromatic heterocycles. The first-order valence-electron chi connectivity index (χ1n) is 8.28. The Kier molecular flexibility index (Phi) is 6.24. The van der Waals surface area contributed by atoms with Gasteiger partial charge in [0.2, 0.25) is 5.91 Å². The smallest absolute Gasteiger partial charge is 0.234 e. The van der Waals surface area contributed by atoms with Gasteiger partial charge in [0.05, 0.1) is 6.04 Å². The van der Waals surface area contributed by atoms with Crippen LogP contribution >= 0.6 is 0 Å². The van der Waals surface area contributed by atoms with Crippen LogP contribution in [-0.4, -0.2) is 29.9 Å². The number of piperidine rings is 1. The van der Waals surface area contributed by atoms with Gasteiger partial charge in [-0.15, -0.1) is 0 Å². The lowest BCUT2D eigenvalue weighted by Gasteiger charge is -2.37. The summed E-state index contributed by atoms with van der Waals surface area (Å²) in [5, 5.41) is 0. The Labute approximate surface area is 128 Å². The van der Waals surface area contributed by atoms with E-state index in [4.69, 9.17) is 5.73 Å². The van der Waals surface area contributed by atoms with Gasteiger partial charge >= 0.3 is 0 Å². The van der Waals surface area contributed by atoms with Crippen molar-refractivity contribution in [1.29, 1.82) is 0 Å². The summed E-state index contributed by atoms with van der Waals surface area (Å²) in [6, 6.07) is 10.6. The largest absolute Gasteiger partial charge is 0.368 e. The molecule has 1 aliphatic heterocycles. The van der Waals surface area contributed by atoms with Crippen LogP contribution in [0.25, 0.3) is 0 Å². The number of benzene rings is 1. The molecular weight excluding hydrogens is 260 g/mol. The summed E-state index contributed by atoms with van der Waals surface area (Å²) in [4.78, 5) is 14.1. The van der Waals surface area contributed by atoms with Crippen molar-refractivity contribution >= 4 is 5.91 Å². The Morgan fingerprint density at radius 3 is 2.81 bits per heavy atom. The molecule has 21 heavy (non-hydrogen) atoms. The molecule has 116 valence electrons. The standard InChI is InChI=1S/C18H28N2O/c1-2-3-11-17(18(19)21)20-12-7-10-16(14-20)13-15-8-5-4-6-9-15/h4-6,8-9,16-17H,2-3,7,10-14H2,1H3,(H2,19,21). The van der Waals surface area contributed by atoms with E-state index in [9.17, 15) is 4.79 Å². The number of hydrogen-bond donors (Lipinski definition) is 1. The van der Waals surface area contributed by atoms with Crippen molar-refractivity contribution in [3.8, 4) is 0 Å². The topological polar surface area (TPSA) is 46.3 Å². The fourth-order valence-corrected chi connectivity index (χ4v) is 3.40. The number of nitrogens with zero attached hydrogens (tertiary/aromatic N) is 1. The number of rotatable bonds is 7. The van der Waals surface area contributed by atoms with Gasteiger partial charge in [-0.1, -0.05) is 50.1 Å². The first-order valence-corrected chi connectivity index (χ1v) is 8.28. The molecule has 2 atom stereocenters. The van der Waals surface area contributed by atoms with E-state index in [0.29, 0.717) is 5.92 Å². The van der Waals surface area contributed by atoms with Gasteiger partial charge in [0.25, 0.3) is 0 Å². The highest BCUT2D eigenvalue weighted by Gasteiger charge is 2.28. The zero-order valence-corrected chi connectivity index (χ0v) is 13.1. The molecule has 2 rings (SSSR count). The van der Waals surface area contributed by atoms with Crippen molar-refractivity contribution in [2.75, 3.05) is 13.1 Å². The second kappa shape index (κ2) is 8.18. The minimum absolute atomic E-state index is 0.0662. The maximum Gasteiger partial charge on any atom is 0.234 e. The number of primary amides is 1.